The molecule has 1 aromatic carbocycles. The number of carbonyl (C=O) groups is 1. The minimum atomic E-state index is 0.0777. The number of rotatable bonds is 7. The first-order valence-electron chi connectivity index (χ1n) is 8.35. The van der Waals surface area contributed by atoms with Gasteiger partial charge in [0.2, 0.25) is 5.91 Å². The summed E-state index contributed by atoms with van der Waals surface area (Å²) >= 11 is 0. The molecule has 24 heavy (non-hydrogen) atoms. The molecule has 0 atom stereocenters. The summed E-state index contributed by atoms with van der Waals surface area (Å²) in [4.78, 5) is 17.7. The van der Waals surface area contributed by atoms with Crippen molar-refractivity contribution in [1.82, 2.24) is 16.0 Å². The summed E-state index contributed by atoms with van der Waals surface area (Å²) in [5.41, 5.74) is 2.24. The fourth-order valence-corrected chi connectivity index (χ4v) is 2.48. The monoisotopic (exact) mass is 333 g/mol. The molecule has 0 aliphatic carbocycles. The van der Waals surface area contributed by atoms with Gasteiger partial charge in [0, 0.05) is 45.5 Å². The van der Waals surface area contributed by atoms with E-state index in [-0.39, 0.29) is 5.91 Å². The Bertz CT molecular complexity index is 544. The predicted molar refractivity (Wildman–Crippen MR) is 96.4 cm³/mol. The van der Waals surface area contributed by atoms with E-state index in [2.05, 4.69) is 50.1 Å². The minimum absolute atomic E-state index is 0.0777. The molecule has 1 aliphatic rings. The zero-order chi connectivity index (χ0) is 17.2. The highest BCUT2D eigenvalue weighted by molar-refractivity contribution is 5.82. The maximum absolute atomic E-state index is 11.5. The van der Waals surface area contributed by atoms with Gasteiger partial charge < -0.3 is 25.6 Å². The van der Waals surface area contributed by atoms with Crippen LogP contribution >= 0.6 is 0 Å². The molecule has 2 rings (SSSR count). The molecule has 1 amide bonds. The number of nitrogens with one attached hydrogen (secondary N) is 3. The summed E-state index contributed by atoms with van der Waals surface area (Å²) in [6, 6.07) is 8.26. The second kappa shape index (κ2) is 9.77. The van der Waals surface area contributed by atoms with Gasteiger partial charge in [-0.25, -0.2) is 0 Å². The van der Waals surface area contributed by atoms with Crippen LogP contribution in [0.1, 0.15) is 12.5 Å². The van der Waals surface area contributed by atoms with Crippen LogP contribution in [0.3, 0.4) is 0 Å². The third-order valence-electron chi connectivity index (χ3n) is 3.77. The standard InChI is InChI=1S/C17H27N5O2/c1-3-24-11-9-20-17(18-2)21-12-14-4-6-15(7-5-14)22-10-8-19-16(23)13-22/h4-7H,3,8-13H2,1-2H3,(H,19,23)(H2,18,20,21). The van der Waals surface area contributed by atoms with Crippen LogP contribution in [-0.4, -0.2) is 58.3 Å². The van der Waals surface area contributed by atoms with Crippen LogP contribution in [0.5, 0.6) is 0 Å². The highest BCUT2D eigenvalue weighted by Crippen LogP contribution is 2.15. The van der Waals surface area contributed by atoms with E-state index >= 15 is 0 Å². The molecule has 0 saturated carbocycles. The first-order valence-corrected chi connectivity index (χ1v) is 8.35. The molecule has 0 aromatic heterocycles. The first-order chi connectivity index (χ1) is 11.7. The number of aliphatic imine (C=N–C) groups is 1. The third kappa shape index (κ3) is 5.73. The van der Waals surface area contributed by atoms with Gasteiger partial charge >= 0.3 is 0 Å². The maximum atomic E-state index is 11.5. The number of amides is 1. The van der Waals surface area contributed by atoms with E-state index in [9.17, 15) is 4.79 Å². The molecule has 0 radical (unpaired) electrons. The van der Waals surface area contributed by atoms with E-state index in [1.54, 1.807) is 7.05 Å². The molecule has 7 nitrogen and oxygen atoms in total. The highest BCUT2D eigenvalue weighted by Gasteiger charge is 2.16. The van der Waals surface area contributed by atoms with Crippen molar-refractivity contribution in [2.24, 2.45) is 4.99 Å². The predicted octanol–water partition coefficient (Wildman–Crippen LogP) is 0.324. The van der Waals surface area contributed by atoms with E-state index in [0.717, 1.165) is 36.9 Å². The number of carbonyl (C=O) groups excluding carboxylic acids is 1. The molecule has 1 aromatic rings. The summed E-state index contributed by atoms with van der Waals surface area (Å²) in [7, 11) is 1.75. The van der Waals surface area contributed by atoms with E-state index in [1.807, 2.05) is 6.92 Å². The van der Waals surface area contributed by atoms with Crippen LogP contribution in [0.25, 0.3) is 0 Å². The Balaban J connectivity index is 1.79. The molecule has 1 aliphatic heterocycles. The number of hydrogen-bond donors (Lipinski definition) is 3. The van der Waals surface area contributed by atoms with Gasteiger partial charge in [-0.15, -0.1) is 0 Å². The number of nitrogens with zero attached hydrogens (tertiary/aromatic N) is 2. The Morgan fingerprint density at radius 3 is 2.79 bits per heavy atom. The van der Waals surface area contributed by atoms with Gasteiger partial charge in [0.05, 0.1) is 13.2 Å². The quantitative estimate of drug-likeness (QED) is 0.381. The van der Waals surface area contributed by atoms with E-state index in [4.69, 9.17) is 4.74 Å². The van der Waals surface area contributed by atoms with Crippen molar-refractivity contribution in [3.63, 3.8) is 0 Å². The summed E-state index contributed by atoms with van der Waals surface area (Å²) in [5.74, 6) is 0.834. The highest BCUT2D eigenvalue weighted by atomic mass is 16.5. The van der Waals surface area contributed by atoms with E-state index in [0.29, 0.717) is 26.2 Å². The van der Waals surface area contributed by atoms with Gasteiger partial charge in [0.25, 0.3) is 0 Å². The van der Waals surface area contributed by atoms with Crippen molar-refractivity contribution in [3.05, 3.63) is 29.8 Å². The number of ether oxygens (including phenoxy) is 1. The Morgan fingerprint density at radius 2 is 2.12 bits per heavy atom. The number of benzene rings is 1. The summed E-state index contributed by atoms with van der Waals surface area (Å²) in [6.07, 6.45) is 0. The Hall–Kier alpha value is -2.28. The lowest BCUT2D eigenvalue weighted by atomic mass is 10.2. The number of guanidine groups is 1. The van der Waals surface area contributed by atoms with Gasteiger partial charge in [0.1, 0.15) is 0 Å². The number of hydrogen-bond acceptors (Lipinski definition) is 4. The van der Waals surface area contributed by atoms with Crippen LogP contribution in [0.2, 0.25) is 0 Å². The van der Waals surface area contributed by atoms with Crippen LogP contribution in [-0.2, 0) is 16.1 Å². The number of anilines is 1. The zero-order valence-corrected chi connectivity index (χ0v) is 14.5. The molecular weight excluding hydrogens is 306 g/mol. The molecule has 3 N–H and O–H groups in total. The fraction of sp³-hybridized carbons (Fsp3) is 0.529. The van der Waals surface area contributed by atoms with Crippen molar-refractivity contribution in [1.29, 1.82) is 0 Å². The fourth-order valence-electron chi connectivity index (χ4n) is 2.48. The molecule has 132 valence electrons. The molecule has 0 spiro atoms. The lowest BCUT2D eigenvalue weighted by molar-refractivity contribution is -0.120. The zero-order valence-electron chi connectivity index (χ0n) is 14.5. The molecule has 1 saturated heterocycles. The van der Waals surface area contributed by atoms with Crippen LogP contribution in [0.15, 0.2) is 29.3 Å². The maximum Gasteiger partial charge on any atom is 0.239 e. The van der Waals surface area contributed by atoms with E-state index < -0.39 is 0 Å². The average Bonchev–Trinajstić information content (AvgIpc) is 2.61. The SMILES string of the molecule is CCOCCNC(=NC)NCc1ccc(N2CCNC(=O)C2)cc1. The summed E-state index contributed by atoms with van der Waals surface area (Å²) in [5, 5.41) is 9.32. The van der Waals surface area contributed by atoms with Gasteiger partial charge in [-0.1, -0.05) is 12.1 Å². The Labute approximate surface area is 143 Å². The van der Waals surface area contributed by atoms with Crippen LogP contribution in [0.4, 0.5) is 5.69 Å². The lowest BCUT2D eigenvalue weighted by Gasteiger charge is -2.28. The largest absolute Gasteiger partial charge is 0.380 e. The summed E-state index contributed by atoms with van der Waals surface area (Å²) in [6.45, 7) is 6.75. The Morgan fingerprint density at radius 1 is 1.33 bits per heavy atom. The van der Waals surface area contributed by atoms with Gasteiger partial charge in [-0.05, 0) is 24.6 Å². The molecule has 1 heterocycles. The summed E-state index contributed by atoms with van der Waals surface area (Å²) < 4.78 is 5.29. The van der Waals surface area contributed by atoms with Crippen molar-refractivity contribution in [2.75, 3.05) is 51.3 Å². The van der Waals surface area contributed by atoms with Gasteiger partial charge in [-0.3, -0.25) is 9.79 Å². The normalized spacial score (nSPS) is 15.2. The molecule has 0 unspecified atom stereocenters. The van der Waals surface area contributed by atoms with Gasteiger partial charge in [-0.2, -0.15) is 0 Å². The topological polar surface area (TPSA) is 78.0 Å². The molecule has 1 fully saturated rings. The smallest absolute Gasteiger partial charge is 0.239 e. The second-order valence-corrected chi connectivity index (χ2v) is 5.49. The molecular formula is C17H27N5O2. The van der Waals surface area contributed by atoms with Crippen molar-refractivity contribution in [3.8, 4) is 0 Å². The van der Waals surface area contributed by atoms with Crippen molar-refractivity contribution in [2.45, 2.75) is 13.5 Å². The average molecular weight is 333 g/mol. The van der Waals surface area contributed by atoms with E-state index in [1.165, 1.54) is 0 Å². The second-order valence-electron chi connectivity index (χ2n) is 5.49. The third-order valence-corrected chi connectivity index (χ3v) is 3.77. The molecule has 7 heteroatoms. The Kier molecular flexibility index (Phi) is 7.35. The van der Waals surface area contributed by atoms with Crippen LogP contribution in [0, 0.1) is 0 Å². The lowest BCUT2D eigenvalue weighted by Crippen LogP contribution is -2.47. The van der Waals surface area contributed by atoms with Crippen LogP contribution < -0.4 is 20.9 Å². The molecule has 0 bridgehead atoms. The first kappa shape index (κ1) is 18.1. The van der Waals surface area contributed by atoms with Gasteiger partial charge in [0.15, 0.2) is 5.96 Å². The number of piperazine rings is 1. The minimum Gasteiger partial charge on any atom is -0.380 e. The van der Waals surface area contributed by atoms with Crippen molar-refractivity contribution >= 4 is 17.6 Å². The van der Waals surface area contributed by atoms with Crippen molar-refractivity contribution < 1.29 is 9.53 Å².